The Labute approximate surface area is 137 Å². The summed E-state index contributed by atoms with van der Waals surface area (Å²) in [6.07, 6.45) is -7.45. The largest absolute Gasteiger partial charge is 0.508 e. The predicted molar refractivity (Wildman–Crippen MR) is 79.6 cm³/mol. The Kier molecular flexibility index (Phi) is 6.10. The van der Waals surface area contributed by atoms with Gasteiger partial charge in [0, 0.05) is 0 Å². The number of hydrogen-bond donors (Lipinski definition) is 6. The highest BCUT2D eigenvalue weighted by atomic mass is 16.7. The third-order valence-electron chi connectivity index (χ3n) is 3.78. The van der Waals surface area contributed by atoms with E-state index in [2.05, 4.69) is 0 Å². The van der Waals surface area contributed by atoms with E-state index in [1.165, 1.54) is 12.1 Å². The van der Waals surface area contributed by atoms with Crippen molar-refractivity contribution in [1.82, 2.24) is 0 Å². The Balaban J connectivity index is 1.96. The van der Waals surface area contributed by atoms with Gasteiger partial charge in [-0.2, -0.15) is 0 Å². The Morgan fingerprint density at radius 3 is 2.38 bits per heavy atom. The topological polar surface area (TPSA) is 163 Å². The molecular weight excluding hydrogens is 322 g/mol. The predicted octanol–water partition coefficient (Wildman–Crippen LogP) is -2.39. The van der Waals surface area contributed by atoms with E-state index in [4.69, 9.17) is 20.3 Å². The zero-order chi connectivity index (χ0) is 17.9. The number of carbonyl (C=O) groups is 1. The van der Waals surface area contributed by atoms with E-state index in [1.54, 1.807) is 12.1 Å². The van der Waals surface area contributed by atoms with Crippen LogP contribution in [0.4, 0.5) is 0 Å². The molecule has 1 aromatic rings. The van der Waals surface area contributed by atoms with Crippen molar-refractivity contribution in [2.24, 2.45) is 5.73 Å². The van der Waals surface area contributed by atoms with Gasteiger partial charge in [0.2, 0.25) is 6.29 Å². The SMILES string of the molecule is N[C@@H](Cc1ccc(O)cc1)C(=O)OC1O[C@H](CO)[C@H](O)[C@H](O)[C@H]1O. The zero-order valence-electron chi connectivity index (χ0n) is 12.7. The van der Waals surface area contributed by atoms with E-state index >= 15 is 0 Å². The lowest BCUT2D eigenvalue weighted by Crippen LogP contribution is -2.60. The summed E-state index contributed by atoms with van der Waals surface area (Å²) in [5.41, 5.74) is 6.43. The molecule has 9 heteroatoms. The van der Waals surface area contributed by atoms with Gasteiger partial charge in [-0.3, -0.25) is 4.79 Å². The van der Waals surface area contributed by atoms with Crippen molar-refractivity contribution in [3.8, 4) is 5.75 Å². The maximum atomic E-state index is 12.0. The maximum absolute atomic E-state index is 12.0. The third kappa shape index (κ3) is 4.20. The van der Waals surface area contributed by atoms with Crippen LogP contribution in [-0.2, 0) is 20.7 Å². The van der Waals surface area contributed by atoms with Crippen molar-refractivity contribution in [3.63, 3.8) is 0 Å². The van der Waals surface area contributed by atoms with Gasteiger partial charge in [0.25, 0.3) is 0 Å². The van der Waals surface area contributed by atoms with Crippen LogP contribution in [0.15, 0.2) is 24.3 Å². The molecule has 1 aliphatic heterocycles. The summed E-state index contributed by atoms with van der Waals surface area (Å²) in [7, 11) is 0. The Bertz CT molecular complexity index is 549. The fourth-order valence-electron chi connectivity index (χ4n) is 2.34. The molecule has 0 spiro atoms. The van der Waals surface area contributed by atoms with Gasteiger partial charge < -0.3 is 40.7 Å². The Hall–Kier alpha value is -1.75. The lowest BCUT2D eigenvalue weighted by atomic mass is 9.99. The molecule has 1 aliphatic rings. The summed E-state index contributed by atoms with van der Waals surface area (Å²) in [6.45, 7) is -0.626. The number of aromatic hydroxyl groups is 1. The van der Waals surface area contributed by atoms with Gasteiger partial charge in [0.15, 0.2) is 0 Å². The lowest BCUT2D eigenvalue weighted by Gasteiger charge is -2.39. The third-order valence-corrected chi connectivity index (χ3v) is 3.78. The number of esters is 1. The van der Waals surface area contributed by atoms with E-state index in [1.807, 2.05) is 0 Å². The number of hydrogen-bond acceptors (Lipinski definition) is 9. The Morgan fingerprint density at radius 2 is 1.79 bits per heavy atom. The number of rotatable bonds is 5. The van der Waals surface area contributed by atoms with E-state index < -0.39 is 49.3 Å². The minimum absolute atomic E-state index is 0.0798. The molecule has 1 heterocycles. The molecule has 1 fully saturated rings. The fourth-order valence-corrected chi connectivity index (χ4v) is 2.34. The van der Waals surface area contributed by atoms with Crippen molar-refractivity contribution in [3.05, 3.63) is 29.8 Å². The zero-order valence-corrected chi connectivity index (χ0v) is 12.7. The average Bonchev–Trinajstić information content (AvgIpc) is 2.57. The van der Waals surface area contributed by atoms with Crippen LogP contribution in [0.2, 0.25) is 0 Å². The van der Waals surface area contributed by atoms with Crippen molar-refractivity contribution >= 4 is 5.97 Å². The van der Waals surface area contributed by atoms with Crippen molar-refractivity contribution < 1.29 is 39.8 Å². The van der Waals surface area contributed by atoms with Crippen molar-refractivity contribution in [2.75, 3.05) is 6.61 Å². The molecule has 7 N–H and O–H groups in total. The minimum Gasteiger partial charge on any atom is -0.508 e. The molecule has 0 aromatic heterocycles. The molecule has 2 rings (SSSR count). The molecule has 9 nitrogen and oxygen atoms in total. The van der Waals surface area contributed by atoms with E-state index in [0.717, 1.165) is 0 Å². The molecule has 0 aliphatic carbocycles. The molecule has 1 saturated heterocycles. The first-order chi connectivity index (χ1) is 11.3. The van der Waals surface area contributed by atoms with Crippen LogP contribution in [0.1, 0.15) is 5.56 Å². The first-order valence-electron chi connectivity index (χ1n) is 7.38. The van der Waals surface area contributed by atoms with E-state index in [-0.39, 0.29) is 12.2 Å². The summed E-state index contributed by atoms with van der Waals surface area (Å²) >= 11 is 0. The highest BCUT2D eigenvalue weighted by molar-refractivity contribution is 5.76. The van der Waals surface area contributed by atoms with Crippen LogP contribution in [-0.4, -0.2) is 74.9 Å². The number of phenolic OH excluding ortho intramolecular Hbond substituents is 1. The van der Waals surface area contributed by atoms with Crippen molar-refractivity contribution in [2.45, 2.75) is 43.2 Å². The summed E-state index contributed by atoms with van der Waals surface area (Å²) in [4.78, 5) is 12.0. The molecule has 0 bridgehead atoms. The first kappa shape index (κ1) is 18.6. The second-order valence-corrected chi connectivity index (χ2v) is 5.61. The summed E-state index contributed by atoms with van der Waals surface area (Å²) in [6, 6.07) is 5.02. The monoisotopic (exact) mass is 343 g/mol. The quantitative estimate of drug-likeness (QED) is 0.320. The van der Waals surface area contributed by atoms with Gasteiger partial charge in [-0.05, 0) is 24.1 Å². The minimum atomic E-state index is -1.67. The molecule has 1 aromatic carbocycles. The lowest BCUT2D eigenvalue weighted by molar-refractivity contribution is -0.293. The summed E-state index contributed by atoms with van der Waals surface area (Å²) < 4.78 is 10.0. The van der Waals surface area contributed by atoms with Gasteiger partial charge >= 0.3 is 5.97 Å². The molecule has 134 valence electrons. The highest BCUT2D eigenvalue weighted by Crippen LogP contribution is 2.22. The van der Waals surface area contributed by atoms with Crippen molar-refractivity contribution in [1.29, 1.82) is 0 Å². The average molecular weight is 343 g/mol. The molecule has 0 radical (unpaired) electrons. The van der Waals surface area contributed by atoms with Crippen LogP contribution in [0.3, 0.4) is 0 Å². The molecule has 0 amide bonds. The van der Waals surface area contributed by atoms with Gasteiger partial charge in [-0.1, -0.05) is 12.1 Å². The normalized spacial score (nSPS) is 31.5. The molecule has 0 saturated carbocycles. The molecular formula is C15H21NO8. The number of aliphatic hydroxyl groups is 4. The van der Waals surface area contributed by atoms with Gasteiger partial charge in [0.05, 0.1) is 6.61 Å². The number of ether oxygens (including phenoxy) is 2. The van der Waals surface area contributed by atoms with Crippen LogP contribution in [0, 0.1) is 0 Å². The number of aliphatic hydroxyl groups excluding tert-OH is 4. The first-order valence-corrected chi connectivity index (χ1v) is 7.38. The van der Waals surface area contributed by atoms with Crippen LogP contribution in [0.5, 0.6) is 5.75 Å². The standard InChI is InChI=1S/C15H21NO8/c16-9(5-7-1-3-8(18)4-2-7)14(22)24-15-13(21)12(20)11(19)10(6-17)23-15/h1-4,9-13,15,17-21H,5-6,16H2/t9-,10+,11-,12-,13+,15?/m0/s1. The highest BCUT2D eigenvalue weighted by Gasteiger charge is 2.45. The smallest absolute Gasteiger partial charge is 0.325 e. The fraction of sp³-hybridized carbons (Fsp3) is 0.533. The summed E-state index contributed by atoms with van der Waals surface area (Å²) in [5.74, 6) is -0.802. The molecule has 1 unspecified atom stereocenters. The van der Waals surface area contributed by atoms with Gasteiger partial charge in [-0.15, -0.1) is 0 Å². The second-order valence-electron chi connectivity index (χ2n) is 5.61. The van der Waals surface area contributed by atoms with Gasteiger partial charge in [0.1, 0.15) is 36.2 Å². The van der Waals surface area contributed by atoms with Gasteiger partial charge in [-0.25, -0.2) is 0 Å². The van der Waals surface area contributed by atoms with E-state index in [9.17, 15) is 25.2 Å². The Morgan fingerprint density at radius 1 is 1.17 bits per heavy atom. The number of carbonyl (C=O) groups excluding carboxylic acids is 1. The van der Waals surface area contributed by atoms with Crippen LogP contribution < -0.4 is 5.73 Å². The number of benzene rings is 1. The maximum Gasteiger partial charge on any atom is 0.325 e. The number of phenols is 1. The van der Waals surface area contributed by atoms with Crippen LogP contribution >= 0.6 is 0 Å². The summed E-state index contributed by atoms with van der Waals surface area (Å²) in [5, 5.41) is 47.4. The molecule has 6 atom stereocenters. The second kappa shape index (κ2) is 7.88. The number of nitrogens with two attached hydrogens (primary N) is 1. The molecule has 24 heavy (non-hydrogen) atoms. The van der Waals surface area contributed by atoms with Crippen LogP contribution in [0.25, 0.3) is 0 Å². The van der Waals surface area contributed by atoms with E-state index in [0.29, 0.717) is 5.56 Å².